The summed E-state index contributed by atoms with van der Waals surface area (Å²) in [6.07, 6.45) is 7.00. The molecule has 3 fully saturated rings. The van der Waals surface area contributed by atoms with Crippen LogP contribution in [0.25, 0.3) is 0 Å². The summed E-state index contributed by atoms with van der Waals surface area (Å²) in [6.45, 7) is 7.53. The number of aryl methyl sites for hydroxylation is 1. The van der Waals surface area contributed by atoms with E-state index in [0.29, 0.717) is 18.2 Å². The molecule has 35 heavy (non-hydrogen) atoms. The number of hydrogen-bond donors (Lipinski definition) is 0. The van der Waals surface area contributed by atoms with Gasteiger partial charge in [0.1, 0.15) is 11.6 Å². The van der Waals surface area contributed by atoms with Crippen LogP contribution in [0.15, 0.2) is 30.3 Å². The van der Waals surface area contributed by atoms with Gasteiger partial charge in [0.05, 0.1) is 11.3 Å². The van der Waals surface area contributed by atoms with Crippen molar-refractivity contribution >= 4 is 5.91 Å². The standard InChI is InChI=1S/C28H36F2N4O/c1-20-6-9-25(28(35)34-16-14-33(15-17-34)24-4-2-3-5-24)27(31-20)21-10-12-32(13-11-21)19-22-7-8-23(29)18-26(22)30/h6-9,18,21,24H,2-5,10-17,19H2,1H3. The van der Waals surface area contributed by atoms with Gasteiger partial charge in [-0.15, -0.1) is 0 Å². The van der Waals surface area contributed by atoms with Crippen LogP contribution in [-0.4, -0.2) is 70.9 Å². The zero-order valence-electron chi connectivity index (χ0n) is 20.7. The molecule has 2 aromatic rings. The third-order valence-electron chi connectivity index (χ3n) is 8.12. The highest BCUT2D eigenvalue weighted by atomic mass is 19.1. The Kier molecular flexibility index (Phi) is 7.44. The van der Waals surface area contributed by atoms with E-state index in [-0.39, 0.29) is 11.8 Å². The van der Waals surface area contributed by atoms with Crippen LogP contribution in [0, 0.1) is 18.6 Å². The molecule has 1 saturated carbocycles. The minimum Gasteiger partial charge on any atom is -0.336 e. The Morgan fingerprint density at radius 1 is 0.943 bits per heavy atom. The summed E-state index contributed by atoms with van der Waals surface area (Å²) in [5.74, 6) is -0.724. The van der Waals surface area contributed by atoms with E-state index in [4.69, 9.17) is 4.98 Å². The molecule has 1 aromatic heterocycles. The van der Waals surface area contributed by atoms with Crippen molar-refractivity contribution in [3.8, 4) is 0 Å². The average molecular weight is 483 g/mol. The number of piperidine rings is 1. The molecular formula is C28H36F2N4O. The van der Waals surface area contributed by atoms with Gasteiger partial charge in [-0.25, -0.2) is 8.78 Å². The second-order valence-electron chi connectivity index (χ2n) is 10.4. The molecule has 0 N–H and O–H groups in total. The van der Waals surface area contributed by atoms with Gasteiger partial charge in [0.2, 0.25) is 0 Å². The third-order valence-corrected chi connectivity index (χ3v) is 8.12. The lowest BCUT2D eigenvalue weighted by molar-refractivity contribution is 0.0570. The smallest absolute Gasteiger partial charge is 0.255 e. The number of carbonyl (C=O) groups excluding carboxylic acids is 1. The Morgan fingerprint density at radius 3 is 2.34 bits per heavy atom. The van der Waals surface area contributed by atoms with E-state index in [1.165, 1.54) is 37.8 Å². The molecule has 1 aromatic carbocycles. The number of aromatic nitrogens is 1. The van der Waals surface area contributed by atoms with Gasteiger partial charge in [0.25, 0.3) is 5.91 Å². The summed E-state index contributed by atoms with van der Waals surface area (Å²) in [5.41, 5.74) is 3.11. The maximum Gasteiger partial charge on any atom is 0.255 e. The molecule has 0 spiro atoms. The fraction of sp³-hybridized carbons (Fsp3) is 0.571. The highest BCUT2D eigenvalue weighted by Crippen LogP contribution is 2.31. The van der Waals surface area contributed by atoms with Gasteiger partial charge in [-0.2, -0.15) is 0 Å². The van der Waals surface area contributed by atoms with E-state index < -0.39 is 11.6 Å². The molecule has 3 aliphatic rings. The van der Waals surface area contributed by atoms with Crippen LogP contribution < -0.4 is 0 Å². The van der Waals surface area contributed by atoms with Gasteiger partial charge in [0.15, 0.2) is 0 Å². The van der Waals surface area contributed by atoms with Crippen molar-refractivity contribution in [2.75, 3.05) is 39.3 Å². The van der Waals surface area contributed by atoms with Crippen LogP contribution >= 0.6 is 0 Å². The first-order valence-corrected chi connectivity index (χ1v) is 13.1. The van der Waals surface area contributed by atoms with Crippen molar-refractivity contribution in [2.45, 2.75) is 64.0 Å². The fourth-order valence-electron chi connectivity index (χ4n) is 6.05. The first kappa shape index (κ1) is 24.3. The van der Waals surface area contributed by atoms with Gasteiger partial charge in [-0.05, 0) is 63.9 Å². The lowest BCUT2D eigenvalue weighted by Gasteiger charge is -2.38. The van der Waals surface area contributed by atoms with Gasteiger partial charge in [0, 0.05) is 62.0 Å². The van der Waals surface area contributed by atoms with Gasteiger partial charge in [-0.1, -0.05) is 18.9 Å². The van der Waals surface area contributed by atoms with E-state index in [0.717, 1.165) is 75.1 Å². The van der Waals surface area contributed by atoms with Gasteiger partial charge in [-0.3, -0.25) is 19.6 Å². The zero-order valence-corrected chi connectivity index (χ0v) is 20.7. The number of benzene rings is 1. The van der Waals surface area contributed by atoms with E-state index in [1.807, 2.05) is 24.0 Å². The molecule has 188 valence electrons. The fourth-order valence-corrected chi connectivity index (χ4v) is 6.05. The number of piperazine rings is 1. The zero-order chi connectivity index (χ0) is 24.4. The third kappa shape index (κ3) is 5.56. The molecular weight excluding hydrogens is 446 g/mol. The van der Waals surface area contributed by atoms with Crippen molar-refractivity contribution in [3.05, 3.63) is 64.5 Å². The molecule has 1 amide bonds. The topological polar surface area (TPSA) is 39.7 Å². The lowest BCUT2D eigenvalue weighted by Crippen LogP contribution is -2.51. The summed E-state index contributed by atoms with van der Waals surface area (Å²) in [4.78, 5) is 25.2. The first-order chi connectivity index (χ1) is 17.0. The summed E-state index contributed by atoms with van der Waals surface area (Å²) < 4.78 is 27.3. The molecule has 2 aliphatic heterocycles. The SMILES string of the molecule is Cc1ccc(C(=O)N2CCN(C3CCCC3)CC2)c(C2CCN(Cc3ccc(F)cc3F)CC2)n1. The molecule has 5 nitrogen and oxygen atoms in total. The Bertz CT molecular complexity index is 1040. The van der Waals surface area contributed by atoms with Crippen LogP contribution in [0.3, 0.4) is 0 Å². The van der Waals surface area contributed by atoms with Crippen molar-refractivity contribution in [3.63, 3.8) is 0 Å². The maximum absolute atomic E-state index is 14.1. The van der Waals surface area contributed by atoms with E-state index in [2.05, 4.69) is 9.80 Å². The molecule has 5 rings (SSSR count). The van der Waals surface area contributed by atoms with Crippen LogP contribution in [0.5, 0.6) is 0 Å². The second-order valence-corrected chi connectivity index (χ2v) is 10.4. The van der Waals surface area contributed by atoms with Crippen molar-refractivity contribution in [1.82, 2.24) is 19.7 Å². The van der Waals surface area contributed by atoms with E-state index >= 15 is 0 Å². The van der Waals surface area contributed by atoms with E-state index in [1.54, 1.807) is 0 Å². The molecule has 0 unspecified atom stereocenters. The van der Waals surface area contributed by atoms with Crippen LogP contribution in [0.4, 0.5) is 8.78 Å². The summed E-state index contributed by atoms with van der Waals surface area (Å²) in [5, 5.41) is 0. The molecule has 0 radical (unpaired) electrons. The quantitative estimate of drug-likeness (QED) is 0.617. The monoisotopic (exact) mass is 482 g/mol. The minimum absolute atomic E-state index is 0.106. The number of rotatable bonds is 5. The number of carbonyl (C=O) groups is 1. The molecule has 2 saturated heterocycles. The summed E-state index contributed by atoms with van der Waals surface area (Å²) in [6, 6.07) is 8.40. The number of hydrogen-bond acceptors (Lipinski definition) is 4. The predicted octanol–water partition coefficient (Wildman–Crippen LogP) is 4.75. The Morgan fingerprint density at radius 2 is 1.66 bits per heavy atom. The first-order valence-electron chi connectivity index (χ1n) is 13.1. The average Bonchev–Trinajstić information content (AvgIpc) is 3.41. The lowest BCUT2D eigenvalue weighted by atomic mass is 9.89. The highest BCUT2D eigenvalue weighted by molar-refractivity contribution is 5.95. The Balaban J connectivity index is 1.22. The number of pyridine rings is 1. The van der Waals surface area contributed by atoms with Gasteiger partial charge >= 0.3 is 0 Å². The number of nitrogens with zero attached hydrogens (tertiary/aromatic N) is 4. The van der Waals surface area contributed by atoms with Crippen molar-refractivity contribution < 1.29 is 13.6 Å². The molecule has 1 aliphatic carbocycles. The number of halogens is 2. The largest absolute Gasteiger partial charge is 0.336 e. The van der Waals surface area contributed by atoms with E-state index in [9.17, 15) is 13.6 Å². The summed E-state index contributed by atoms with van der Waals surface area (Å²) in [7, 11) is 0. The van der Waals surface area contributed by atoms with Crippen molar-refractivity contribution in [2.24, 2.45) is 0 Å². The number of likely N-dealkylation sites (tertiary alicyclic amines) is 1. The van der Waals surface area contributed by atoms with Crippen molar-refractivity contribution in [1.29, 1.82) is 0 Å². The molecule has 7 heteroatoms. The Hall–Kier alpha value is -2.38. The molecule has 0 atom stereocenters. The van der Waals surface area contributed by atoms with Crippen LogP contribution in [-0.2, 0) is 6.54 Å². The Labute approximate surface area is 207 Å². The minimum atomic E-state index is -0.548. The van der Waals surface area contributed by atoms with Gasteiger partial charge < -0.3 is 4.90 Å². The number of amides is 1. The molecule has 3 heterocycles. The highest BCUT2D eigenvalue weighted by Gasteiger charge is 2.31. The second kappa shape index (κ2) is 10.7. The normalized spacial score (nSPS) is 21.1. The maximum atomic E-state index is 14.1. The predicted molar refractivity (Wildman–Crippen MR) is 132 cm³/mol. The van der Waals surface area contributed by atoms with Crippen LogP contribution in [0.2, 0.25) is 0 Å². The summed E-state index contributed by atoms with van der Waals surface area (Å²) >= 11 is 0. The molecule has 0 bridgehead atoms. The van der Waals surface area contributed by atoms with Crippen LogP contribution in [0.1, 0.15) is 71.8 Å².